The minimum absolute atomic E-state index is 0.160. The van der Waals surface area contributed by atoms with E-state index < -0.39 is 0 Å². The molecule has 0 aromatic heterocycles. The predicted molar refractivity (Wildman–Crippen MR) is 91.4 cm³/mol. The molecule has 0 N–H and O–H groups in total. The number of rotatable bonds is 6. The average Bonchev–Trinajstić information content (AvgIpc) is 3.14. The minimum atomic E-state index is -0.160. The van der Waals surface area contributed by atoms with E-state index in [-0.39, 0.29) is 12.0 Å². The van der Waals surface area contributed by atoms with Crippen LogP contribution in [0.5, 0.6) is 0 Å². The lowest BCUT2D eigenvalue weighted by Gasteiger charge is -2.35. The van der Waals surface area contributed by atoms with Crippen molar-refractivity contribution in [3.8, 4) is 0 Å². The number of nitrogens with zero attached hydrogens (tertiary/aromatic N) is 2. The third-order valence-corrected chi connectivity index (χ3v) is 4.92. The van der Waals surface area contributed by atoms with Gasteiger partial charge < -0.3 is 9.64 Å². The van der Waals surface area contributed by atoms with Crippen LogP contribution in [0.4, 0.5) is 0 Å². The number of hydrogen-bond acceptors (Lipinski definition) is 3. The van der Waals surface area contributed by atoms with Crippen molar-refractivity contribution in [1.82, 2.24) is 9.80 Å². The predicted octanol–water partition coefficient (Wildman–Crippen LogP) is 2.33. The van der Waals surface area contributed by atoms with Gasteiger partial charge in [0, 0.05) is 32.8 Å². The molecule has 0 saturated carbocycles. The van der Waals surface area contributed by atoms with E-state index in [4.69, 9.17) is 4.74 Å². The summed E-state index contributed by atoms with van der Waals surface area (Å²) in [6.07, 6.45) is 5.40. The number of hydrogen-bond donors (Lipinski definition) is 0. The maximum atomic E-state index is 12.3. The fraction of sp³-hybridized carbons (Fsp3) is 0.632. The van der Waals surface area contributed by atoms with Gasteiger partial charge in [0.15, 0.2) is 0 Å². The van der Waals surface area contributed by atoms with Crippen LogP contribution < -0.4 is 0 Å². The van der Waals surface area contributed by atoms with Crippen LogP contribution in [0.15, 0.2) is 30.3 Å². The molecule has 126 valence electrons. The summed E-state index contributed by atoms with van der Waals surface area (Å²) in [7, 11) is 0. The van der Waals surface area contributed by atoms with Gasteiger partial charge in [-0.3, -0.25) is 9.69 Å². The van der Waals surface area contributed by atoms with Crippen molar-refractivity contribution >= 4 is 5.91 Å². The van der Waals surface area contributed by atoms with E-state index in [1.807, 2.05) is 4.90 Å². The second-order valence-corrected chi connectivity index (χ2v) is 6.61. The summed E-state index contributed by atoms with van der Waals surface area (Å²) in [5.41, 5.74) is 1.43. The zero-order chi connectivity index (χ0) is 15.9. The fourth-order valence-corrected chi connectivity index (χ4v) is 3.48. The molecule has 0 bridgehead atoms. The third kappa shape index (κ3) is 4.79. The number of benzene rings is 1. The lowest BCUT2D eigenvalue weighted by molar-refractivity contribution is -0.142. The Morgan fingerprint density at radius 1 is 1.09 bits per heavy atom. The fourth-order valence-electron chi connectivity index (χ4n) is 3.48. The van der Waals surface area contributed by atoms with Crippen molar-refractivity contribution in [3.63, 3.8) is 0 Å². The molecule has 4 nitrogen and oxygen atoms in total. The molecule has 2 heterocycles. The molecule has 2 aliphatic heterocycles. The summed E-state index contributed by atoms with van der Waals surface area (Å²) in [5.74, 6) is 0.214. The SMILES string of the molecule is O=C(C1CCCO1)N1CCN(CCCCc2ccccc2)CC1. The van der Waals surface area contributed by atoms with Gasteiger partial charge >= 0.3 is 0 Å². The first kappa shape index (κ1) is 16.5. The monoisotopic (exact) mass is 316 g/mol. The Morgan fingerprint density at radius 2 is 1.87 bits per heavy atom. The maximum absolute atomic E-state index is 12.3. The molecule has 0 radical (unpaired) electrons. The number of carbonyl (C=O) groups excluding carboxylic acids is 1. The zero-order valence-corrected chi connectivity index (χ0v) is 14.0. The largest absolute Gasteiger partial charge is 0.368 e. The Morgan fingerprint density at radius 3 is 2.57 bits per heavy atom. The van der Waals surface area contributed by atoms with E-state index in [2.05, 4.69) is 35.2 Å². The minimum Gasteiger partial charge on any atom is -0.368 e. The van der Waals surface area contributed by atoms with Crippen molar-refractivity contribution in [1.29, 1.82) is 0 Å². The van der Waals surface area contributed by atoms with Gasteiger partial charge in [0.25, 0.3) is 5.91 Å². The molecule has 2 saturated heterocycles. The molecule has 1 atom stereocenters. The Labute approximate surface area is 139 Å². The number of amides is 1. The van der Waals surface area contributed by atoms with Gasteiger partial charge in [0.05, 0.1) is 0 Å². The molecule has 1 amide bonds. The number of aryl methyl sites for hydroxylation is 1. The van der Waals surface area contributed by atoms with E-state index in [9.17, 15) is 4.79 Å². The second kappa shape index (κ2) is 8.46. The smallest absolute Gasteiger partial charge is 0.251 e. The summed E-state index contributed by atoms with van der Waals surface area (Å²) in [4.78, 5) is 16.8. The highest BCUT2D eigenvalue weighted by molar-refractivity contribution is 5.81. The van der Waals surface area contributed by atoms with Crippen molar-refractivity contribution < 1.29 is 9.53 Å². The van der Waals surface area contributed by atoms with Crippen LogP contribution in [0.3, 0.4) is 0 Å². The number of carbonyl (C=O) groups is 1. The highest BCUT2D eigenvalue weighted by atomic mass is 16.5. The van der Waals surface area contributed by atoms with Crippen LogP contribution in [-0.2, 0) is 16.0 Å². The van der Waals surface area contributed by atoms with Gasteiger partial charge in [0.1, 0.15) is 6.10 Å². The molecule has 1 aromatic carbocycles. The summed E-state index contributed by atoms with van der Waals surface area (Å²) >= 11 is 0. The molecule has 0 spiro atoms. The van der Waals surface area contributed by atoms with Crippen molar-refractivity contribution in [2.45, 2.75) is 38.2 Å². The van der Waals surface area contributed by atoms with Gasteiger partial charge in [-0.2, -0.15) is 0 Å². The summed E-state index contributed by atoms with van der Waals surface area (Å²) in [5, 5.41) is 0. The normalized spacial score (nSPS) is 22.4. The van der Waals surface area contributed by atoms with E-state index in [1.54, 1.807) is 0 Å². The Bertz CT molecular complexity index is 477. The molecule has 0 aliphatic carbocycles. The van der Waals surface area contributed by atoms with Gasteiger partial charge in [-0.15, -0.1) is 0 Å². The molecule has 3 rings (SSSR count). The third-order valence-electron chi connectivity index (χ3n) is 4.92. The lowest BCUT2D eigenvalue weighted by atomic mass is 10.1. The highest BCUT2D eigenvalue weighted by Crippen LogP contribution is 2.16. The second-order valence-electron chi connectivity index (χ2n) is 6.61. The van der Waals surface area contributed by atoms with Gasteiger partial charge in [0.2, 0.25) is 0 Å². The molecule has 2 aliphatic rings. The van der Waals surface area contributed by atoms with Crippen LogP contribution in [0.25, 0.3) is 0 Å². The van der Waals surface area contributed by atoms with Crippen LogP contribution in [-0.4, -0.2) is 61.1 Å². The van der Waals surface area contributed by atoms with Crippen LogP contribution in [0.2, 0.25) is 0 Å². The molecule has 23 heavy (non-hydrogen) atoms. The van der Waals surface area contributed by atoms with Crippen molar-refractivity contribution in [2.24, 2.45) is 0 Å². The first-order valence-electron chi connectivity index (χ1n) is 8.99. The number of ether oxygens (including phenoxy) is 1. The molecule has 1 unspecified atom stereocenters. The van der Waals surface area contributed by atoms with Gasteiger partial charge in [-0.05, 0) is 44.2 Å². The van der Waals surface area contributed by atoms with E-state index in [1.165, 1.54) is 18.4 Å². The molecular weight excluding hydrogens is 288 g/mol. The highest BCUT2D eigenvalue weighted by Gasteiger charge is 2.30. The van der Waals surface area contributed by atoms with Crippen LogP contribution in [0.1, 0.15) is 31.2 Å². The Hall–Kier alpha value is -1.39. The number of piperazine rings is 1. The van der Waals surface area contributed by atoms with Crippen LogP contribution >= 0.6 is 0 Å². The van der Waals surface area contributed by atoms with E-state index >= 15 is 0 Å². The Balaban J connectivity index is 1.31. The summed E-state index contributed by atoms with van der Waals surface area (Å²) in [6, 6.07) is 10.7. The topological polar surface area (TPSA) is 32.8 Å². The molecule has 4 heteroatoms. The lowest BCUT2D eigenvalue weighted by Crippen LogP contribution is -2.51. The van der Waals surface area contributed by atoms with E-state index in [0.29, 0.717) is 0 Å². The zero-order valence-electron chi connectivity index (χ0n) is 14.0. The quantitative estimate of drug-likeness (QED) is 0.755. The maximum Gasteiger partial charge on any atom is 0.251 e. The summed E-state index contributed by atoms with van der Waals surface area (Å²) in [6.45, 7) is 5.62. The van der Waals surface area contributed by atoms with Crippen LogP contribution in [0, 0.1) is 0 Å². The average molecular weight is 316 g/mol. The molecule has 2 fully saturated rings. The van der Waals surface area contributed by atoms with Crippen molar-refractivity contribution in [3.05, 3.63) is 35.9 Å². The van der Waals surface area contributed by atoms with Crippen molar-refractivity contribution in [2.75, 3.05) is 39.3 Å². The first-order chi connectivity index (χ1) is 11.3. The first-order valence-corrected chi connectivity index (χ1v) is 8.99. The molecular formula is C19H28N2O2. The molecule has 1 aromatic rings. The summed E-state index contributed by atoms with van der Waals surface area (Å²) < 4.78 is 5.51. The van der Waals surface area contributed by atoms with Gasteiger partial charge in [-0.25, -0.2) is 0 Å². The standard InChI is InChI=1S/C19H28N2O2/c22-19(18-10-6-16-23-18)21-14-12-20(13-15-21)11-5-4-9-17-7-2-1-3-8-17/h1-3,7-8,18H,4-6,9-16H2. The van der Waals surface area contributed by atoms with E-state index in [0.717, 1.165) is 58.6 Å². The number of unbranched alkanes of at least 4 members (excludes halogenated alkanes) is 1. The van der Waals surface area contributed by atoms with Gasteiger partial charge in [-0.1, -0.05) is 30.3 Å². The Kier molecular flexibility index (Phi) is 6.06.